The number of H-pyrrole nitrogens is 1. The van der Waals surface area contributed by atoms with Crippen LogP contribution < -0.4 is 5.56 Å². The van der Waals surface area contributed by atoms with Crippen molar-refractivity contribution in [3.8, 4) is 0 Å². The van der Waals surface area contributed by atoms with Crippen molar-refractivity contribution >= 4 is 22.8 Å². The number of carbonyl (C=O) groups excluding carboxylic acids is 1. The maximum absolute atomic E-state index is 13.6. The number of aromatic nitrogens is 1. The third-order valence-corrected chi connectivity index (χ3v) is 3.58. The number of aryl methyl sites for hydroxylation is 1. The first-order chi connectivity index (χ1) is 11.0. The number of hydrogen-bond acceptors (Lipinski definition) is 2. The van der Waals surface area contributed by atoms with Crippen LogP contribution in [0.15, 0.2) is 59.4 Å². The van der Waals surface area contributed by atoms with Crippen LogP contribution in [0.25, 0.3) is 17.0 Å². The molecule has 0 amide bonds. The standard InChI is InChI=1S/C19H14FNO2/c1-12-6-8-17-14(10-12)11-13(19(23)21-17)7-9-18(22)15-4-2-3-5-16(15)20/h2-11H,1H3,(H,21,23). The summed E-state index contributed by atoms with van der Waals surface area (Å²) in [5.41, 5.74) is 1.85. The molecule has 0 atom stereocenters. The number of halogens is 1. The van der Waals surface area contributed by atoms with Gasteiger partial charge >= 0.3 is 0 Å². The molecule has 1 N–H and O–H groups in total. The Morgan fingerprint density at radius 1 is 1.13 bits per heavy atom. The van der Waals surface area contributed by atoms with Gasteiger partial charge in [0, 0.05) is 11.1 Å². The highest BCUT2D eigenvalue weighted by molar-refractivity contribution is 6.07. The summed E-state index contributed by atoms with van der Waals surface area (Å²) in [5.74, 6) is -1.06. The van der Waals surface area contributed by atoms with Gasteiger partial charge in [0.05, 0.1) is 5.56 Å². The van der Waals surface area contributed by atoms with Gasteiger partial charge in [-0.05, 0) is 54.8 Å². The molecule has 0 aliphatic carbocycles. The van der Waals surface area contributed by atoms with E-state index in [0.717, 1.165) is 16.5 Å². The van der Waals surface area contributed by atoms with Crippen molar-refractivity contribution in [2.45, 2.75) is 6.92 Å². The van der Waals surface area contributed by atoms with Gasteiger partial charge in [-0.15, -0.1) is 0 Å². The number of fused-ring (bicyclic) bond motifs is 1. The van der Waals surface area contributed by atoms with E-state index in [1.807, 2.05) is 25.1 Å². The molecule has 0 saturated carbocycles. The lowest BCUT2D eigenvalue weighted by Crippen LogP contribution is -2.09. The molecular weight excluding hydrogens is 293 g/mol. The molecule has 4 heteroatoms. The number of benzene rings is 2. The molecule has 2 aromatic carbocycles. The summed E-state index contributed by atoms with van der Waals surface area (Å²) in [6, 6.07) is 13.2. The molecular formula is C19H14FNO2. The van der Waals surface area contributed by atoms with E-state index in [-0.39, 0.29) is 11.1 Å². The lowest BCUT2D eigenvalue weighted by molar-refractivity contribution is 0.104. The minimum absolute atomic E-state index is 0.0168. The summed E-state index contributed by atoms with van der Waals surface area (Å²) in [7, 11) is 0. The minimum atomic E-state index is -0.579. The molecule has 0 fully saturated rings. The molecule has 0 aliphatic heterocycles. The normalized spacial score (nSPS) is 11.2. The highest BCUT2D eigenvalue weighted by atomic mass is 19.1. The van der Waals surface area contributed by atoms with E-state index in [1.165, 1.54) is 30.4 Å². The second kappa shape index (κ2) is 6.01. The lowest BCUT2D eigenvalue weighted by atomic mass is 10.1. The average molecular weight is 307 g/mol. The van der Waals surface area contributed by atoms with Gasteiger partial charge in [0.15, 0.2) is 5.78 Å². The predicted octanol–water partition coefficient (Wildman–Crippen LogP) is 3.87. The molecule has 0 unspecified atom stereocenters. The summed E-state index contributed by atoms with van der Waals surface area (Å²) in [6.07, 6.45) is 2.62. The molecule has 0 saturated heterocycles. The van der Waals surface area contributed by atoms with E-state index in [1.54, 1.807) is 12.1 Å². The highest BCUT2D eigenvalue weighted by Crippen LogP contribution is 2.14. The topological polar surface area (TPSA) is 49.9 Å². The quantitative estimate of drug-likeness (QED) is 0.590. The molecule has 0 spiro atoms. The number of allylic oxidation sites excluding steroid dienone is 1. The zero-order valence-corrected chi connectivity index (χ0v) is 12.5. The Hall–Kier alpha value is -3.01. The number of rotatable bonds is 3. The number of hydrogen-bond donors (Lipinski definition) is 1. The van der Waals surface area contributed by atoms with Gasteiger partial charge < -0.3 is 4.98 Å². The van der Waals surface area contributed by atoms with Crippen LogP contribution in [0.2, 0.25) is 0 Å². The molecule has 1 aromatic heterocycles. The van der Waals surface area contributed by atoms with Gasteiger partial charge in [-0.2, -0.15) is 0 Å². The van der Waals surface area contributed by atoms with E-state index in [4.69, 9.17) is 0 Å². The predicted molar refractivity (Wildman–Crippen MR) is 89.1 cm³/mol. The van der Waals surface area contributed by atoms with Crippen molar-refractivity contribution in [1.82, 2.24) is 4.98 Å². The fourth-order valence-electron chi connectivity index (χ4n) is 2.38. The van der Waals surface area contributed by atoms with Crippen LogP contribution in [-0.4, -0.2) is 10.8 Å². The first kappa shape index (κ1) is 14.9. The van der Waals surface area contributed by atoms with Gasteiger partial charge in [0.1, 0.15) is 5.82 Å². The Morgan fingerprint density at radius 2 is 1.91 bits per heavy atom. The Balaban J connectivity index is 1.98. The number of nitrogens with one attached hydrogen (secondary N) is 1. The van der Waals surface area contributed by atoms with Gasteiger partial charge in [-0.3, -0.25) is 9.59 Å². The molecule has 23 heavy (non-hydrogen) atoms. The maximum Gasteiger partial charge on any atom is 0.255 e. The van der Waals surface area contributed by atoms with Crippen molar-refractivity contribution in [2.24, 2.45) is 0 Å². The molecule has 3 aromatic rings. The zero-order valence-electron chi connectivity index (χ0n) is 12.5. The first-order valence-electron chi connectivity index (χ1n) is 7.15. The Morgan fingerprint density at radius 3 is 2.70 bits per heavy atom. The monoisotopic (exact) mass is 307 g/mol. The lowest BCUT2D eigenvalue weighted by Gasteiger charge is -2.01. The molecule has 3 nitrogen and oxygen atoms in total. The SMILES string of the molecule is Cc1ccc2[nH]c(=O)c(C=CC(=O)c3ccccc3F)cc2c1. The Bertz CT molecular complexity index is 986. The van der Waals surface area contributed by atoms with Crippen LogP contribution in [0.4, 0.5) is 4.39 Å². The van der Waals surface area contributed by atoms with Crippen LogP contribution in [-0.2, 0) is 0 Å². The Labute approximate surface area is 132 Å². The van der Waals surface area contributed by atoms with E-state index < -0.39 is 11.6 Å². The number of pyridine rings is 1. The molecule has 1 heterocycles. The summed E-state index contributed by atoms with van der Waals surface area (Å²) in [6.45, 7) is 1.96. The van der Waals surface area contributed by atoms with Gasteiger partial charge in [-0.1, -0.05) is 23.8 Å². The second-order valence-electron chi connectivity index (χ2n) is 5.32. The van der Waals surface area contributed by atoms with Crippen molar-refractivity contribution in [3.05, 3.63) is 87.5 Å². The molecule has 114 valence electrons. The highest BCUT2D eigenvalue weighted by Gasteiger charge is 2.08. The minimum Gasteiger partial charge on any atom is -0.321 e. The maximum atomic E-state index is 13.6. The number of carbonyl (C=O) groups is 1. The van der Waals surface area contributed by atoms with Crippen LogP contribution in [0.1, 0.15) is 21.5 Å². The fourth-order valence-corrected chi connectivity index (χ4v) is 2.38. The first-order valence-corrected chi connectivity index (χ1v) is 7.15. The average Bonchev–Trinajstić information content (AvgIpc) is 2.53. The fraction of sp³-hybridized carbons (Fsp3) is 0.0526. The van der Waals surface area contributed by atoms with Crippen molar-refractivity contribution in [3.63, 3.8) is 0 Å². The van der Waals surface area contributed by atoms with E-state index >= 15 is 0 Å². The molecule has 0 aliphatic rings. The molecule has 3 rings (SSSR count). The summed E-state index contributed by atoms with van der Waals surface area (Å²) in [5, 5.41) is 0.877. The summed E-state index contributed by atoms with van der Waals surface area (Å²) < 4.78 is 13.6. The summed E-state index contributed by atoms with van der Waals surface area (Å²) in [4.78, 5) is 26.8. The number of aromatic amines is 1. The second-order valence-corrected chi connectivity index (χ2v) is 5.32. The zero-order chi connectivity index (χ0) is 16.4. The van der Waals surface area contributed by atoms with E-state index in [9.17, 15) is 14.0 Å². The Kier molecular flexibility index (Phi) is 3.89. The van der Waals surface area contributed by atoms with Crippen LogP contribution in [0, 0.1) is 12.7 Å². The smallest absolute Gasteiger partial charge is 0.255 e. The van der Waals surface area contributed by atoms with E-state index in [0.29, 0.717) is 5.56 Å². The third-order valence-electron chi connectivity index (χ3n) is 3.58. The van der Waals surface area contributed by atoms with Crippen molar-refractivity contribution in [1.29, 1.82) is 0 Å². The number of ketones is 1. The third kappa shape index (κ3) is 3.11. The molecule has 0 radical (unpaired) electrons. The largest absolute Gasteiger partial charge is 0.321 e. The van der Waals surface area contributed by atoms with Gasteiger partial charge in [-0.25, -0.2) is 4.39 Å². The van der Waals surface area contributed by atoms with Crippen LogP contribution in [0.5, 0.6) is 0 Å². The van der Waals surface area contributed by atoms with Crippen molar-refractivity contribution < 1.29 is 9.18 Å². The van der Waals surface area contributed by atoms with Crippen molar-refractivity contribution in [2.75, 3.05) is 0 Å². The van der Waals surface area contributed by atoms with E-state index in [2.05, 4.69) is 4.98 Å². The van der Waals surface area contributed by atoms with Gasteiger partial charge in [0.25, 0.3) is 5.56 Å². The van der Waals surface area contributed by atoms with Crippen LogP contribution in [0.3, 0.4) is 0 Å². The van der Waals surface area contributed by atoms with Crippen LogP contribution >= 0.6 is 0 Å². The summed E-state index contributed by atoms with van der Waals surface area (Å²) >= 11 is 0. The molecule has 0 bridgehead atoms. The van der Waals surface area contributed by atoms with Gasteiger partial charge in [0.2, 0.25) is 0 Å².